The summed E-state index contributed by atoms with van der Waals surface area (Å²) in [5, 5.41) is 9.84. The minimum Gasteiger partial charge on any atom is -0.391 e. The zero-order valence-electron chi connectivity index (χ0n) is 16.1. The number of β-amino-alcohol motifs (C(OH)–C–C–N with tert-alkyl or cyclic N) is 1. The zero-order chi connectivity index (χ0) is 21.4. The van der Waals surface area contributed by atoms with Crippen molar-refractivity contribution in [1.29, 1.82) is 0 Å². The van der Waals surface area contributed by atoms with E-state index in [-0.39, 0.29) is 40.7 Å². The predicted molar refractivity (Wildman–Crippen MR) is 104 cm³/mol. The third-order valence-electron chi connectivity index (χ3n) is 5.09. The van der Waals surface area contributed by atoms with Gasteiger partial charge in [-0.1, -0.05) is 31.2 Å². The Balaban J connectivity index is 1.78. The van der Waals surface area contributed by atoms with Crippen molar-refractivity contribution in [1.82, 2.24) is 4.72 Å². The molecule has 2 aromatic carbocycles. The van der Waals surface area contributed by atoms with Gasteiger partial charge in [-0.3, -0.25) is 0 Å². The summed E-state index contributed by atoms with van der Waals surface area (Å²) in [6.07, 6.45) is -0.573. The Morgan fingerprint density at radius 3 is 2.48 bits per heavy atom. The Morgan fingerprint density at radius 1 is 1.21 bits per heavy atom. The molecule has 0 unspecified atom stereocenters. The van der Waals surface area contributed by atoms with Gasteiger partial charge in [0, 0.05) is 38.0 Å². The molecule has 0 radical (unpaired) electrons. The van der Waals surface area contributed by atoms with Gasteiger partial charge in [-0.25, -0.2) is 26.3 Å². The number of alkyl halides is 2. The molecule has 2 atom stereocenters. The minimum absolute atomic E-state index is 0.0174. The summed E-state index contributed by atoms with van der Waals surface area (Å²) in [6, 6.07) is 9.16. The molecular weight excluding hydrogens is 405 g/mol. The Kier molecular flexibility index (Phi) is 5.93. The van der Waals surface area contributed by atoms with Crippen LogP contribution in [0.1, 0.15) is 25.0 Å². The van der Waals surface area contributed by atoms with Crippen LogP contribution in [-0.2, 0) is 22.5 Å². The fraction of sp³-hybridized carbons (Fsp3) is 0.400. The lowest BCUT2D eigenvalue weighted by molar-refractivity contribution is 0.0165. The number of halogens is 3. The van der Waals surface area contributed by atoms with E-state index in [0.717, 1.165) is 13.0 Å². The van der Waals surface area contributed by atoms with Crippen molar-refractivity contribution < 1.29 is 26.7 Å². The third-order valence-corrected chi connectivity index (χ3v) is 6.48. The van der Waals surface area contributed by atoms with Crippen LogP contribution in [0.3, 0.4) is 0 Å². The monoisotopic (exact) mass is 428 g/mol. The fourth-order valence-electron chi connectivity index (χ4n) is 3.42. The van der Waals surface area contributed by atoms with Gasteiger partial charge in [0.2, 0.25) is 10.0 Å². The van der Waals surface area contributed by atoms with E-state index in [1.807, 2.05) is 6.92 Å². The van der Waals surface area contributed by atoms with Crippen molar-refractivity contribution in [3.63, 3.8) is 0 Å². The number of hydrogen-bond donors (Lipinski definition) is 2. The standard InChI is InChI=1S/C20H23F3N2O3S/c1-13-11-25(12-19(13)26)18-8-7-15(9-17(18)21)29(27,28)24-10-14-5-3-4-6-16(14)20(2,22)23/h3-9,13,19,24,26H,10-12H2,1-2H3/t13-,19-/m1/s1. The highest BCUT2D eigenvalue weighted by Crippen LogP contribution is 2.30. The number of nitrogens with one attached hydrogen (secondary N) is 1. The van der Waals surface area contributed by atoms with Crippen molar-refractivity contribution in [2.75, 3.05) is 18.0 Å². The molecule has 0 saturated carbocycles. The number of aliphatic hydroxyl groups excluding tert-OH is 1. The number of benzene rings is 2. The van der Waals surface area contributed by atoms with Crippen LogP contribution in [0.15, 0.2) is 47.4 Å². The smallest absolute Gasteiger partial charge is 0.270 e. The molecule has 0 aliphatic carbocycles. The number of rotatable bonds is 6. The molecule has 1 aliphatic heterocycles. The van der Waals surface area contributed by atoms with Crippen LogP contribution in [0.2, 0.25) is 0 Å². The molecular formula is C20H23F3N2O3S. The molecule has 0 spiro atoms. The summed E-state index contributed by atoms with van der Waals surface area (Å²) >= 11 is 0. The zero-order valence-corrected chi connectivity index (χ0v) is 16.9. The number of anilines is 1. The second kappa shape index (κ2) is 7.97. The van der Waals surface area contributed by atoms with E-state index < -0.39 is 27.9 Å². The summed E-state index contributed by atoms with van der Waals surface area (Å²) in [5.74, 6) is -3.86. The van der Waals surface area contributed by atoms with E-state index in [9.17, 15) is 26.7 Å². The first-order valence-electron chi connectivity index (χ1n) is 9.17. The summed E-state index contributed by atoms with van der Waals surface area (Å²) in [4.78, 5) is 1.36. The molecule has 2 N–H and O–H groups in total. The van der Waals surface area contributed by atoms with Gasteiger partial charge in [0.15, 0.2) is 0 Å². The average molecular weight is 428 g/mol. The lowest BCUT2D eigenvalue weighted by Gasteiger charge is -2.19. The maximum Gasteiger partial charge on any atom is 0.270 e. The molecule has 1 aliphatic rings. The van der Waals surface area contributed by atoms with Gasteiger partial charge in [0.1, 0.15) is 5.82 Å². The molecule has 1 saturated heterocycles. The molecule has 0 bridgehead atoms. The van der Waals surface area contributed by atoms with Crippen LogP contribution < -0.4 is 9.62 Å². The normalized spacial score (nSPS) is 20.3. The lowest BCUT2D eigenvalue weighted by Crippen LogP contribution is -2.26. The molecule has 9 heteroatoms. The largest absolute Gasteiger partial charge is 0.391 e. The molecule has 0 amide bonds. The third kappa shape index (κ3) is 4.73. The molecule has 158 valence electrons. The Bertz CT molecular complexity index is 983. The topological polar surface area (TPSA) is 69.6 Å². The van der Waals surface area contributed by atoms with E-state index in [4.69, 9.17) is 0 Å². The molecule has 1 fully saturated rings. The molecule has 5 nitrogen and oxygen atoms in total. The maximum absolute atomic E-state index is 14.6. The number of hydrogen-bond acceptors (Lipinski definition) is 4. The highest BCUT2D eigenvalue weighted by Gasteiger charge is 2.30. The Labute approximate surface area is 168 Å². The first-order valence-corrected chi connectivity index (χ1v) is 10.7. The molecule has 1 heterocycles. The highest BCUT2D eigenvalue weighted by molar-refractivity contribution is 7.89. The van der Waals surface area contributed by atoms with Crippen molar-refractivity contribution in [3.05, 3.63) is 59.4 Å². The average Bonchev–Trinajstić information content (AvgIpc) is 2.98. The second-order valence-corrected chi connectivity index (χ2v) is 9.20. The van der Waals surface area contributed by atoms with Gasteiger partial charge in [-0.2, -0.15) is 0 Å². The van der Waals surface area contributed by atoms with Gasteiger partial charge in [-0.05, 0) is 23.8 Å². The summed E-state index contributed by atoms with van der Waals surface area (Å²) in [5.41, 5.74) is 0.0787. The van der Waals surface area contributed by atoms with Gasteiger partial charge < -0.3 is 10.0 Å². The molecule has 0 aromatic heterocycles. The van der Waals surface area contributed by atoms with Gasteiger partial charge in [0.25, 0.3) is 5.92 Å². The maximum atomic E-state index is 14.6. The first-order chi connectivity index (χ1) is 13.5. The van der Waals surface area contributed by atoms with Gasteiger partial charge >= 0.3 is 0 Å². The van der Waals surface area contributed by atoms with Crippen LogP contribution in [-0.4, -0.2) is 32.7 Å². The number of sulfonamides is 1. The fourth-order valence-corrected chi connectivity index (χ4v) is 4.43. The van der Waals surface area contributed by atoms with Crippen molar-refractivity contribution in [2.24, 2.45) is 5.92 Å². The van der Waals surface area contributed by atoms with Crippen molar-refractivity contribution in [2.45, 2.75) is 37.3 Å². The molecule has 29 heavy (non-hydrogen) atoms. The van der Waals surface area contributed by atoms with E-state index >= 15 is 0 Å². The summed E-state index contributed by atoms with van der Waals surface area (Å²) < 4.78 is 69.3. The number of aliphatic hydroxyl groups is 1. The Morgan fingerprint density at radius 2 is 1.90 bits per heavy atom. The Hall–Kier alpha value is -2.10. The van der Waals surface area contributed by atoms with Crippen LogP contribution in [0.25, 0.3) is 0 Å². The number of nitrogens with zero attached hydrogens (tertiary/aromatic N) is 1. The quantitative estimate of drug-likeness (QED) is 0.741. The van der Waals surface area contributed by atoms with E-state index in [1.54, 1.807) is 11.0 Å². The van der Waals surface area contributed by atoms with Crippen LogP contribution in [0.4, 0.5) is 18.9 Å². The second-order valence-electron chi connectivity index (χ2n) is 7.43. The predicted octanol–water partition coefficient (Wildman–Crippen LogP) is 3.23. The van der Waals surface area contributed by atoms with Gasteiger partial charge in [0.05, 0.1) is 16.7 Å². The SMILES string of the molecule is C[C@@H]1CN(c2ccc(S(=O)(=O)NCc3ccccc3C(C)(F)F)cc2F)C[C@H]1O. The minimum atomic E-state index is -4.11. The van der Waals surface area contributed by atoms with E-state index in [1.165, 1.54) is 30.3 Å². The summed E-state index contributed by atoms with van der Waals surface area (Å²) in [6.45, 7) is 2.98. The molecule has 3 rings (SSSR count). The van der Waals surface area contributed by atoms with Crippen LogP contribution >= 0.6 is 0 Å². The van der Waals surface area contributed by atoms with Crippen molar-refractivity contribution in [3.8, 4) is 0 Å². The van der Waals surface area contributed by atoms with Gasteiger partial charge in [-0.15, -0.1) is 0 Å². The van der Waals surface area contributed by atoms with Crippen LogP contribution in [0.5, 0.6) is 0 Å². The van der Waals surface area contributed by atoms with Crippen molar-refractivity contribution >= 4 is 15.7 Å². The van der Waals surface area contributed by atoms with E-state index in [0.29, 0.717) is 6.54 Å². The first kappa shape index (κ1) is 21.6. The lowest BCUT2D eigenvalue weighted by atomic mass is 10.0. The summed E-state index contributed by atoms with van der Waals surface area (Å²) in [7, 11) is -4.11. The molecule has 2 aromatic rings. The van der Waals surface area contributed by atoms with Crippen LogP contribution in [0, 0.1) is 11.7 Å². The highest BCUT2D eigenvalue weighted by atomic mass is 32.2. The van der Waals surface area contributed by atoms with E-state index in [2.05, 4.69) is 4.72 Å².